The van der Waals surface area contributed by atoms with Crippen LogP contribution in [0, 0.1) is 0 Å². The highest BCUT2D eigenvalue weighted by Gasteiger charge is 1.95. The van der Waals surface area contributed by atoms with Gasteiger partial charge in [-0.2, -0.15) is 23.5 Å². The minimum atomic E-state index is 1.08. The molecule has 0 aliphatic carbocycles. The first-order valence-electron chi connectivity index (χ1n) is 5.76. The molecule has 0 spiro atoms. The summed E-state index contributed by atoms with van der Waals surface area (Å²) in [6.07, 6.45) is 3.38. The zero-order valence-corrected chi connectivity index (χ0v) is 11.8. The van der Waals surface area contributed by atoms with Crippen molar-refractivity contribution in [1.29, 1.82) is 0 Å². The maximum absolute atomic E-state index is 3.48. The van der Waals surface area contributed by atoms with Crippen molar-refractivity contribution >= 4 is 29.2 Å². The van der Waals surface area contributed by atoms with Gasteiger partial charge in [-0.25, -0.2) is 0 Å². The van der Waals surface area contributed by atoms with Gasteiger partial charge < -0.3 is 5.32 Å². The van der Waals surface area contributed by atoms with E-state index in [1.54, 1.807) is 0 Å². The highest BCUT2D eigenvalue weighted by Crippen LogP contribution is 2.15. The molecule has 0 aliphatic rings. The van der Waals surface area contributed by atoms with E-state index in [9.17, 15) is 0 Å². The lowest BCUT2D eigenvalue weighted by molar-refractivity contribution is 0.991. The lowest BCUT2D eigenvalue weighted by Crippen LogP contribution is -2.02. The Labute approximate surface area is 108 Å². The van der Waals surface area contributed by atoms with E-state index in [1.807, 2.05) is 23.5 Å². The molecule has 0 amide bonds. The molecule has 0 unspecified atom stereocenters. The summed E-state index contributed by atoms with van der Waals surface area (Å²) in [4.78, 5) is 0. The molecule has 1 aromatic carbocycles. The van der Waals surface area contributed by atoms with Crippen molar-refractivity contribution in [2.75, 3.05) is 29.6 Å². The smallest absolute Gasteiger partial charge is 0.0343 e. The molecule has 90 valence electrons. The first kappa shape index (κ1) is 13.8. The fraction of sp³-hybridized carbons (Fsp3) is 0.538. The monoisotopic (exact) mass is 255 g/mol. The van der Waals surface area contributed by atoms with Crippen LogP contribution < -0.4 is 5.32 Å². The lowest BCUT2D eigenvalue weighted by atomic mass is 10.2. The molecule has 1 nitrogen and oxygen atoms in total. The van der Waals surface area contributed by atoms with E-state index < -0.39 is 0 Å². The summed E-state index contributed by atoms with van der Waals surface area (Å²) in [7, 11) is 0. The zero-order chi connectivity index (χ0) is 11.6. The van der Waals surface area contributed by atoms with Crippen LogP contribution in [0.5, 0.6) is 0 Å². The van der Waals surface area contributed by atoms with Crippen molar-refractivity contribution in [3.05, 3.63) is 29.8 Å². The van der Waals surface area contributed by atoms with Crippen LogP contribution in [0.4, 0.5) is 5.69 Å². The summed E-state index contributed by atoms with van der Waals surface area (Å²) in [6.45, 7) is 3.29. The summed E-state index contributed by atoms with van der Waals surface area (Å²) in [5, 5.41) is 3.48. The Hall–Kier alpha value is -0.280. The Morgan fingerprint density at radius 2 is 2.19 bits per heavy atom. The summed E-state index contributed by atoms with van der Waals surface area (Å²) >= 11 is 3.88. The molecule has 0 aromatic heterocycles. The SMILES string of the molecule is CCSCCCNc1cccc(CSC)c1. The third-order valence-electron chi connectivity index (χ3n) is 2.24. The van der Waals surface area contributed by atoms with Gasteiger partial charge in [0.15, 0.2) is 0 Å². The van der Waals surface area contributed by atoms with Crippen LogP contribution >= 0.6 is 23.5 Å². The Kier molecular flexibility index (Phi) is 7.60. The van der Waals surface area contributed by atoms with Crippen molar-refractivity contribution in [3.8, 4) is 0 Å². The third kappa shape index (κ3) is 5.71. The van der Waals surface area contributed by atoms with E-state index >= 15 is 0 Å². The van der Waals surface area contributed by atoms with E-state index in [0.717, 1.165) is 12.3 Å². The molecule has 0 heterocycles. The zero-order valence-electron chi connectivity index (χ0n) is 10.2. The van der Waals surface area contributed by atoms with Crippen molar-refractivity contribution in [2.45, 2.75) is 19.1 Å². The average Bonchev–Trinajstić information content (AvgIpc) is 2.30. The predicted molar refractivity (Wildman–Crippen MR) is 79.8 cm³/mol. The van der Waals surface area contributed by atoms with Crippen LogP contribution in [0.1, 0.15) is 18.9 Å². The second kappa shape index (κ2) is 8.82. The van der Waals surface area contributed by atoms with Crippen LogP contribution in [-0.4, -0.2) is 24.3 Å². The van der Waals surface area contributed by atoms with Gasteiger partial charge in [-0.3, -0.25) is 0 Å². The van der Waals surface area contributed by atoms with Crippen molar-refractivity contribution in [3.63, 3.8) is 0 Å². The Morgan fingerprint density at radius 3 is 2.94 bits per heavy atom. The Morgan fingerprint density at radius 1 is 1.31 bits per heavy atom. The van der Waals surface area contributed by atoms with Crippen molar-refractivity contribution < 1.29 is 0 Å². The quantitative estimate of drug-likeness (QED) is 0.702. The van der Waals surface area contributed by atoms with Crippen LogP contribution in [-0.2, 0) is 5.75 Å². The molecule has 16 heavy (non-hydrogen) atoms. The number of rotatable bonds is 8. The molecular formula is C13H21NS2. The fourth-order valence-electron chi connectivity index (χ4n) is 1.49. The first-order valence-corrected chi connectivity index (χ1v) is 8.31. The van der Waals surface area contributed by atoms with Crippen LogP contribution in [0.15, 0.2) is 24.3 Å². The van der Waals surface area contributed by atoms with E-state index in [1.165, 1.54) is 29.2 Å². The summed E-state index contributed by atoms with van der Waals surface area (Å²) in [5.74, 6) is 3.58. The largest absolute Gasteiger partial charge is 0.385 e. The van der Waals surface area contributed by atoms with Gasteiger partial charge in [0.25, 0.3) is 0 Å². The molecule has 3 heteroatoms. The Balaban J connectivity index is 2.27. The van der Waals surface area contributed by atoms with Crippen LogP contribution in [0.25, 0.3) is 0 Å². The maximum atomic E-state index is 3.48. The van der Waals surface area contributed by atoms with Crippen molar-refractivity contribution in [2.24, 2.45) is 0 Å². The van der Waals surface area contributed by atoms with Gasteiger partial charge in [0.2, 0.25) is 0 Å². The van der Waals surface area contributed by atoms with Gasteiger partial charge in [0.05, 0.1) is 0 Å². The predicted octanol–water partition coefficient (Wildman–Crippen LogP) is 4.10. The molecule has 0 atom stereocenters. The van der Waals surface area contributed by atoms with E-state index in [2.05, 4.69) is 42.8 Å². The number of anilines is 1. The number of hydrogen-bond acceptors (Lipinski definition) is 3. The summed E-state index contributed by atoms with van der Waals surface area (Å²) in [6, 6.07) is 8.73. The molecule has 0 bridgehead atoms. The second-order valence-electron chi connectivity index (χ2n) is 3.61. The highest BCUT2D eigenvalue weighted by atomic mass is 32.2. The van der Waals surface area contributed by atoms with Gasteiger partial charge in [0, 0.05) is 18.0 Å². The summed E-state index contributed by atoms with van der Waals surface area (Å²) in [5.41, 5.74) is 2.66. The number of benzene rings is 1. The molecule has 0 fully saturated rings. The lowest BCUT2D eigenvalue weighted by Gasteiger charge is -2.07. The first-order chi connectivity index (χ1) is 7.86. The van der Waals surface area contributed by atoms with Gasteiger partial charge >= 0.3 is 0 Å². The molecule has 1 rings (SSSR count). The van der Waals surface area contributed by atoms with E-state index in [4.69, 9.17) is 0 Å². The normalized spacial score (nSPS) is 10.4. The molecular weight excluding hydrogens is 234 g/mol. The third-order valence-corrected chi connectivity index (χ3v) is 3.84. The highest BCUT2D eigenvalue weighted by molar-refractivity contribution is 7.99. The van der Waals surface area contributed by atoms with Gasteiger partial charge in [-0.1, -0.05) is 19.1 Å². The minimum absolute atomic E-state index is 1.08. The van der Waals surface area contributed by atoms with Crippen LogP contribution in [0.3, 0.4) is 0 Å². The molecule has 0 saturated heterocycles. The molecule has 0 saturated carbocycles. The molecule has 1 N–H and O–H groups in total. The average molecular weight is 255 g/mol. The summed E-state index contributed by atoms with van der Waals surface area (Å²) < 4.78 is 0. The van der Waals surface area contributed by atoms with E-state index in [0.29, 0.717) is 0 Å². The van der Waals surface area contributed by atoms with E-state index in [-0.39, 0.29) is 0 Å². The molecule has 1 aromatic rings. The number of thioether (sulfide) groups is 2. The number of nitrogens with one attached hydrogen (secondary N) is 1. The van der Waals surface area contributed by atoms with Gasteiger partial charge in [-0.05, 0) is 41.9 Å². The fourth-order valence-corrected chi connectivity index (χ4v) is 2.64. The number of hydrogen-bond donors (Lipinski definition) is 1. The molecule has 0 radical (unpaired) electrons. The second-order valence-corrected chi connectivity index (χ2v) is 5.87. The molecule has 0 aliphatic heterocycles. The van der Waals surface area contributed by atoms with Crippen molar-refractivity contribution in [1.82, 2.24) is 0 Å². The topological polar surface area (TPSA) is 12.0 Å². The van der Waals surface area contributed by atoms with Gasteiger partial charge in [0.1, 0.15) is 0 Å². The Bertz CT molecular complexity index is 289. The maximum Gasteiger partial charge on any atom is 0.0343 e. The standard InChI is InChI=1S/C13H21NS2/c1-3-16-9-5-8-14-13-7-4-6-12(10-13)11-15-2/h4,6-7,10,14H,3,5,8-9,11H2,1-2H3. The van der Waals surface area contributed by atoms with Crippen LogP contribution in [0.2, 0.25) is 0 Å². The van der Waals surface area contributed by atoms with Gasteiger partial charge in [-0.15, -0.1) is 0 Å². The minimum Gasteiger partial charge on any atom is -0.385 e.